The van der Waals surface area contributed by atoms with Gasteiger partial charge < -0.3 is 10.1 Å². The van der Waals surface area contributed by atoms with Gasteiger partial charge in [0.15, 0.2) is 0 Å². The van der Waals surface area contributed by atoms with Crippen LogP contribution in [0.2, 0.25) is 0 Å². The lowest BCUT2D eigenvalue weighted by molar-refractivity contribution is -0.0263. The number of ether oxygens (including phenoxy) is 1. The van der Waals surface area contributed by atoms with Crippen molar-refractivity contribution in [2.24, 2.45) is 5.92 Å². The van der Waals surface area contributed by atoms with Crippen LogP contribution < -0.4 is 5.32 Å². The van der Waals surface area contributed by atoms with Crippen molar-refractivity contribution < 1.29 is 4.74 Å². The fourth-order valence-electron chi connectivity index (χ4n) is 2.21. The molecular formula is C13H21NOS. The quantitative estimate of drug-likeness (QED) is 0.738. The zero-order chi connectivity index (χ0) is 11.2. The van der Waals surface area contributed by atoms with Crippen LogP contribution in [0.5, 0.6) is 0 Å². The summed E-state index contributed by atoms with van der Waals surface area (Å²) in [7, 11) is 0. The van der Waals surface area contributed by atoms with Crippen LogP contribution in [0.25, 0.3) is 0 Å². The highest BCUT2D eigenvalue weighted by atomic mass is 32.1. The second kappa shape index (κ2) is 6.38. The predicted octanol–water partition coefficient (Wildman–Crippen LogP) is 3.04. The highest BCUT2D eigenvalue weighted by Gasteiger charge is 2.28. The van der Waals surface area contributed by atoms with Gasteiger partial charge in [-0.05, 0) is 50.1 Å². The maximum atomic E-state index is 5.55. The monoisotopic (exact) mass is 239 g/mol. The molecule has 0 aliphatic heterocycles. The van der Waals surface area contributed by atoms with E-state index < -0.39 is 0 Å². The molecule has 16 heavy (non-hydrogen) atoms. The minimum atomic E-state index is 0.562. The molecule has 1 saturated carbocycles. The van der Waals surface area contributed by atoms with Crippen molar-refractivity contribution in [1.29, 1.82) is 0 Å². The van der Waals surface area contributed by atoms with Crippen LogP contribution in [0, 0.1) is 5.92 Å². The molecule has 1 aliphatic rings. The normalized spacial score (nSPS) is 24.3. The Morgan fingerprint density at radius 1 is 1.50 bits per heavy atom. The molecule has 0 unspecified atom stereocenters. The highest BCUT2D eigenvalue weighted by molar-refractivity contribution is 7.09. The Labute approximate surface area is 102 Å². The number of hydrogen-bond acceptors (Lipinski definition) is 3. The van der Waals surface area contributed by atoms with Crippen molar-refractivity contribution in [2.75, 3.05) is 13.2 Å². The van der Waals surface area contributed by atoms with Crippen LogP contribution in [-0.2, 0) is 11.3 Å². The second-order valence-electron chi connectivity index (χ2n) is 4.46. The van der Waals surface area contributed by atoms with Crippen LogP contribution >= 0.6 is 11.3 Å². The first kappa shape index (κ1) is 12.1. The van der Waals surface area contributed by atoms with Gasteiger partial charge in [0.25, 0.3) is 0 Å². The van der Waals surface area contributed by atoms with E-state index in [1.807, 2.05) is 11.3 Å². The Morgan fingerprint density at radius 3 is 3.06 bits per heavy atom. The topological polar surface area (TPSA) is 21.3 Å². The molecule has 0 spiro atoms. The van der Waals surface area contributed by atoms with Gasteiger partial charge in [-0.25, -0.2) is 0 Å². The van der Waals surface area contributed by atoms with Gasteiger partial charge in [-0.2, -0.15) is 0 Å². The molecule has 1 aromatic rings. The molecule has 3 heteroatoms. The molecule has 2 rings (SSSR count). The molecule has 1 aliphatic carbocycles. The summed E-state index contributed by atoms with van der Waals surface area (Å²) in [6.07, 6.45) is 4.41. The lowest BCUT2D eigenvalue weighted by atomic mass is 9.80. The fourth-order valence-corrected chi connectivity index (χ4v) is 2.89. The largest absolute Gasteiger partial charge is 0.378 e. The molecule has 0 radical (unpaired) electrons. The molecule has 2 nitrogen and oxygen atoms in total. The maximum Gasteiger partial charge on any atom is 0.0580 e. The molecule has 1 aromatic heterocycles. The third-order valence-electron chi connectivity index (χ3n) is 3.20. The first-order valence-corrected chi connectivity index (χ1v) is 7.11. The van der Waals surface area contributed by atoms with Crippen LogP contribution in [0.15, 0.2) is 17.5 Å². The van der Waals surface area contributed by atoms with E-state index in [2.05, 4.69) is 29.8 Å². The lowest BCUT2D eigenvalue weighted by Gasteiger charge is -2.35. The third-order valence-corrected chi connectivity index (χ3v) is 4.08. The molecule has 1 heterocycles. The van der Waals surface area contributed by atoms with Crippen molar-refractivity contribution in [1.82, 2.24) is 5.32 Å². The van der Waals surface area contributed by atoms with Gasteiger partial charge in [0.05, 0.1) is 6.10 Å². The minimum absolute atomic E-state index is 0.562. The van der Waals surface area contributed by atoms with Crippen LogP contribution in [0.4, 0.5) is 0 Å². The van der Waals surface area contributed by atoms with Gasteiger partial charge >= 0.3 is 0 Å². The molecule has 1 fully saturated rings. The maximum absolute atomic E-state index is 5.55. The molecule has 1 N–H and O–H groups in total. The third kappa shape index (κ3) is 3.58. The second-order valence-corrected chi connectivity index (χ2v) is 5.49. The smallest absolute Gasteiger partial charge is 0.0580 e. The Bertz CT molecular complexity index is 280. The summed E-state index contributed by atoms with van der Waals surface area (Å²) in [5.41, 5.74) is 0. The summed E-state index contributed by atoms with van der Waals surface area (Å²) in [6.45, 7) is 5.12. The van der Waals surface area contributed by atoms with Crippen LogP contribution in [0.3, 0.4) is 0 Å². The van der Waals surface area contributed by atoms with Crippen LogP contribution in [-0.4, -0.2) is 19.3 Å². The van der Waals surface area contributed by atoms with Crippen LogP contribution in [0.1, 0.15) is 31.1 Å². The standard InChI is InChI=1S/C13H21NOS/c1-2-15-12-8-11(9-12)5-6-14-10-13-4-3-7-16-13/h3-4,7,11-12,14H,2,5-6,8-10H2,1H3. The van der Waals surface area contributed by atoms with E-state index in [9.17, 15) is 0 Å². The number of nitrogens with one attached hydrogen (secondary N) is 1. The SMILES string of the molecule is CCOC1CC(CCNCc2cccs2)C1. The van der Waals surface area contributed by atoms with E-state index >= 15 is 0 Å². The van der Waals surface area contributed by atoms with E-state index in [0.717, 1.165) is 25.6 Å². The Morgan fingerprint density at radius 2 is 2.38 bits per heavy atom. The Kier molecular flexibility index (Phi) is 4.82. The average Bonchev–Trinajstić information content (AvgIpc) is 2.72. The summed E-state index contributed by atoms with van der Waals surface area (Å²) in [5.74, 6) is 0.896. The number of thiophene rings is 1. The molecular weight excluding hydrogens is 218 g/mol. The average molecular weight is 239 g/mol. The predicted molar refractivity (Wildman–Crippen MR) is 68.8 cm³/mol. The summed E-state index contributed by atoms with van der Waals surface area (Å²) in [4.78, 5) is 1.43. The zero-order valence-electron chi connectivity index (χ0n) is 9.95. The van der Waals surface area contributed by atoms with Gasteiger partial charge in [0.2, 0.25) is 0 Å². The van der Waals surface area contributed by atoms with Gasteiger partial charge in [-0.3, -0.25) is 0 Å². The van der Waals surface area contributed by atoms with E-state index in [-0.39, 0.29) is 0 Å². The molecule has 0 atom stereocenters. The highest BCUT2D eigenvalue weighted by Crippen LogP contribution is 2.32. The van der Waals surface area contributed by atoms with E-state index in [1.165, 1.54) is 24.1 Å². The van der Waals surface area contributed by atoms with Gasteiger partial charge in [-0.15, -0.1) is 11.3 Å². The first-order valence-electron chi connectivity index (χ1n) is 6.23. The van der Waals surface area contributed by atoms with Gasteiger partial charge in [0, 0.05) is 18.0 Å². The molecule has 0 bridgehead atoms. The fraction of sp³-hybridized carbons (Fsp3) is 0.692. The summed E-state index contributed by atoms with van der Waals surface area (Å²) < 4.78 is 5.55. The van der Waals surface area contributed by atoms with Crippen molar-refractivity contribution in [2.45, 2.75) is 38.8 Å². The van der Waals surface area contributed by atoms with E-state index in [4.69, 9.17) is 4.74 Å². The Balaban J connectivity index is 1.47. The first-order chi connectivity index (χ1) is 7.88. The zero-order valence-corrected chi connectivity index (χ0v) is 10.8. The molecule has 0 aromatic carbocycles. The lowest BCUT2D eigenvalue weighted by Crippen LogP contribution is -2.33. The van der Waals surface area contributed by atoms with E-state index in [1.54, 1.807) is 0 Å². The summed E-state index contributed by atoms with van der Waals surface area (Å²) in [5, 5.41) is 5.64. The summed E-state index contributed by atoms with van der Waals surface area (Å²) in [6, 6.07) is 4.30. The Hall–Kier alpha value is -0.380. The van der Waals surface area contributed by atoms with Crippen molar-refractivity contribution in [3.05, 3.63) is 22.4 Å². The number of rotatable bonds is 7. The van der Waals surface area contributed by atoms with Crippen molar-refractivity contribution >= 4 is 11.3 Å². The molecule has 0 amide bonds. The van der Waals surface area contributed by atoms with Gasteiger partial charge in [-0.1, -0.05) is 6.07 Å². The summed E-state index contributed by atoms with van der Waals surface area (Å²) >= 11 is 1.83. The van der Waals surface area contributed by atoms with Crippen molar-refractivity contribution in [3.63, 3.8) is 0 Å². The minimum Gasteiger partial charge on any atom is -0.378 e. The van der Waals surface area contributed by atoms with Gasteiger partial charge in [0.1, 0.15) is 0 Å². The molecule has 90 valence electrons. The molecule has 0 saturated heterocycles. The van der Waals surface area contributed by atoms with E-state index in [0.29, 0.717) is 6.10 Å². The number of hydrogen-bond donors (Lipinski definition) is 1. The van der Waals surface area contributed by atoms with Crippen molar-refractivity contribution in [3.8, 4) is 0 Å².